The van der Waals surface area contributed by atoms with Crippen molar-refractivity contribution >= 4 is 21.7 Å². The zero-order valence-corrected chi connectivity index (χ0v) is 16.7. The van der Waals surface area contributed by atoms with E-state index in [1.165, 1.54) is 0 Å². The second kappa shape index (κ2) is 7.82. The van der Waals surface area contributed by atoms with Gasteiger partial charge in [-0.15, -0.1) is 0 Å². The quantitative estimate of drug-likeness (QED) is 0.817. The lowest BCUT2D eigenvalue weighted by atomic mass is 10.0. The first-order valence-corrected chi connectivity index (χ1v) is 10.8. The number of sulfonamides is 1. The van der Waals surface area contributed by atoms with Crippen molar-refractivity contribution in [1.29, 1.82) is 0 Å². The molecular formula is C19H26N4O3S. The second-order valence-electron chi connectivity index (χ2n) is 7.16. The Balaban J connectivity index is 1.70. The van der Waals surface area contributed by atoms with Gasteiger partial charge in [0.2, 0.25) is 15.9 Å². The molecule has 1 N–H and O–H groups in total. The van der Waals surface area contributed by atoms with Gasteiger partial charge >= 0.3 is 0 Å². The van der Waals surface area contributed by atoms with E-state index in [9.17, 15) is 13.2 Å². The number of carbonyl (C=O) groups excluding carboxylic acids is 1. The summed E-state index contributed by atoms with van der Waals surface area (Å²) < 4.78 is 29.6. The van der Waals surface area contributed by atoms with E-state index in [1.54, 1.807) is 16.6 Å². The van der Waals surface area contributed by atoms with Crippen molar-refractivity contribution in [2.24, 2.45) is 7.05 Å². The summed E-state index contributed by atoms with van der Waals surface area (Å²) in [5.41, 5.74) is 1.78. The molecule has 27 heavy (non-hydrogen) atoms. The minimum absolute atomic E-state index is 0.0500. The molecule has 2 atom stereocenters. The summed E-state index contributed by atoms with van der Waals surface area (Å²) >= 11 is 0. The first-order valence-electron chi connectivity index (χ1n) is 9.14. The molecular weight excluding hydrogens is 364 g/mol. The van der Waals surface area contributed by atoms with Crippen LogP contribution in [0.4, 0.5) is 5.82 Å². The normalized spacial score (nSPS) is 19.3. The van der Waals surface area contributed by atoms with Crippen LogP contribution >= 0.6 is 0 Å². The highest BCUT2D eigenvalue weighted by atomic mass is 32.2. The molecule has 146 valence electrons. The minimum Gasteiger partial charge on any atom is -0.296 e. The minimum atomic E-state index is -3.59. The maximum absolute atomic E-state index is 12.9. The first-order chi connectivity index (χ1) is 12.8. The summed E-state index contributed by atoms with van der Waals surface area (Å²) in [5.74, 6) is 0.267. The summed E-state index contributed by atoms with van der Waals surface area (Å²) in [7, 11) is -1.81. The zero-order chi connectivity index (χ0) is 19.6. The average Bonchev–Trinajstić information content (AvgIpc) is 2.95. The van der Waals surface area contributed by atoms with E-state index in [-0.39, 0.29) is 17.6 Å². The molecule has 1 saturated heterocycles. The van der Waals surface area contributed by atoms with Crippen LogP contribution in [-0.4, -0.2) is 42.4 Å². The van der Waals surface area contributed by atoms with Gasteiger partial charge in [0.25, 0.3) is 0 Å². The summed E-state index contributed by atoms with van der Waals surface area (Å²) in [6, 6.07) is 10.6. The lowest BCUT2D eigenvalue weighted by molar-refractivity contribution is -0.121. The van der Waals surface area contributed by atoms with Crippen molar-refractivity contribution in [3.05, 3.63) is 47.7 Å². The van der Waals surface area contributed by atoms with Gasteiger partial charge in [0, 0.05) is 19.7 Å². The molecule has 3 rings (SSSR count). The van der Waals surface area contributed by atoms with Crippen molar-refractivity contribution in [2.75, 3.05) is 17.2 Å². The van der Waals surface area contributed by atoms with E-state index in [0.29, 0.717) is 18.8 Å². The summed E-state index contributed by atoms with van der Waals surface area (Å²) in [6.45, 7) is 4.31. The summed E-state index contributed by atoms with van der Waals surface area (Å²) in [5, 5.41) is 4.28. The molecule has 0 radical (unpaired) electrons. The van der Waals surface area contributed by atoms with Gasteiger partial charge in [-0.05, 0) is 31.2 Å². The van der Waals surface area contributed by atoms with Crippen LogP contribution in [0.25, 0.3) is 0 Å². The summed E-state index contributed by atoms with van der Waals surface area (Å²) in [6.07, 6.45) is 1.24. The Kier molecular flexibility index (Phi) is 5.67. The van der Waals surface area contributed by atoms with E-state index in [4.69, 9.17) is 0 Å². The smallest absolute Gasteiger partial charge is 0.246 e. The molecule has 1 fully saturated rings. The number of amides is 1. The Bertz CT molecular complexity index is 908. The Morgan fingerprint density at radius 2 is 2.00 bits per heavy atom. The zero-order valence-electron chi connectivity index (χ0n) is 15.9. The maximum Gasteiger partial charge on any atom is 0.246 e. The predicted molar refractivity (Wildman–Crippen MR) is 105 cm³/mol. The molecule has 8 heteroatoms. The molecule has 1 aliphatic heterocycles. The molecule has 2 aromatic rings. The van der Waals surface area contributed by atoms with E-state index < -0.39 is 16.1 Å². The fraction of sp³-hybridized carbons (Fsp3) is 0.474. The van der Waals surface area contributed by atoms with E-state index in [0.717, 1.165) is 17.7 Å². The Labute approximate surface area is 160 Å². The van der Waals surface area contributed by atoms with Crippen LogP contribution in [0, 0.1) is 6.92 Å². The number of aromatic nitrogens is 2. The van der Waals surface area contributed by atoms with Gasteiger partial charge in [0.15, 0.2) is 0 Å². The number of hydrogen-bond donors (Lipinski definition) is 1. The maximum atomic E-state index is 12.9. The van der Waals surface area contributed by atoms with Gasteiger partial charge < -0.3 is 0 Å². The number of anilines is 1. The van der Waals surface area contributed by atoms with Crippen LogP contribution in [0.1, 0.15) is 36.9 Å². The molecule has 1 amide bonds. The number of piperidine rings is 1. The van der Waals surface area contributed by atoms with E-state index >= 15 is 0 Å². The monoisotopic (exact) mass is 390 g/mol. The molecule has 2 heterocycles. The fourth-order valence-electron chi connectivity index (χ4n) is 3.53. The van der Waals surface area contributed by atoms with E-state index in [2.05, 4.69) is 9.82 Å². The second-order valence-corrected chi connectivity index (χ2v) is 8.96. The van der Waals surface area contributed by atoms with Gasteiger partial charge in [-0.1, -0.05) is 37.3 Å². The van der Waals surface area contributed by atoms with Crippen LogP contribution in [0.3, 0.4) is 0 Å². The third kappa shape index (κ3) is 4.56. The molecule has 7 nitrogen and oxygen atoms in total. The molecule has 0 aliphatic carbocycles. The number of carbonyl (C=O) groups is 1. The van der Waals surface area contributed by atoms with Crippen LogP contribution in [0.5, 0.6) is 0 Å². The van der Waals surface area contributed by atoms with Crippen molar-refractivity contribution in [2.45, 2.75) is 38.6 Å². The van der Waals surface area contributed by atoms with Crippen LogP contribution in [0.15, 0.2) is 36.4 Å². The largest absolute Gasteiger partial charge is 0.296 e. The lowest BCUT2D eigenvalue weighted by Crippen LogP contribution is -2.53. The standard InChI is InChI=1S/C19H26N4O3S/c1-14(16-8-5-4-6-9-16)13-27(25,26)21-17-10-7-11-23(19(17)24)18-12-15(2)20-22(18)3/h4-6,8-9,12,14,17,21H,7,10-11,13H2,1-3H3/t14-,17+/m0/s1. The van der Waals surface area contributed by atoms with Gasteiger partial charge in [0.05, 0.1) is 11.4 Å². The Morgan fingerprint density at radius 1 is 1.30 bits per heavy atom. The lowest BCUT2D eigenvalue weighted by Gasteiger charge is -2.32. The topological polar surface area (TPSA) is 84.3 Å². The highest BCUT2D eigenvalue weighted by Gasteiger charge is 2.34. The molecule has 1 aliphatic rings. The number of nitrogens with one attached hydrogen (secondary N) is 1. The first kappa shape index (κ1) is 19.6. The van der Waals surface area contributed by atoms with Crippen molar-refractivity contribution < 1.29 is 13.2 Å². The Hall–Kier alpha value is -2.19. The van der Waals surface area contributed by atoms with Gasteiger partial charge in [0.1, 0.15) is 11.9 Å². The number of rotatable bonds is 6. The van der Waals surface area contributed by atoms with Crippen molar-refractivity contribution in [3.63, 3.8) is 0 Å². The highest BCUT2D eigenvalue weighted by Crippen LogP contribution is 2.23. The van der Waals surface area contributed by atoms with Gasteiger partial charge in [-0.2, -0.15) is 5.10 Å². The molecule has 1 aromatic carbocycles. The fourth-order valence-corrected chi connectivity index (χ4v) is 5.13. The Morgan fingerprint density at radius 3 is 2.63 bits per heavy atom. The third-order valence-corrected chi connectivity index (χ3v) is 6.43. The molecule has 1 aromatic heterocycles. The third-order valence-electron chi connectivity index (χ3n) is 4.85. The van der Waals surface area contributed by atoms with Crippen molar-refractivity contribution in [3.8, 4) is 0 Å². The molecule has 0 saturated carbocycles. The molecule has 0 unspecified atom stereocenters. The number of aryl methyl sites for hydroxylation is 2. The van der Waals surface area contributed by atoms with Gasteiger partial charge in [-0.25, -0.2) is 13.1 Å². The van der Waals surface area contributed by atoms with Crippen LogP contribution < -0.4 is 9.62 Å². The number of benzene rings is 1. The number of hydrogen-bond acceptors (Lipinski definition) is 4. The van der Waals surface area contributed by atoms with Crippen LogP contribution in [0.2, 0.25) is 0 Å². The van der Waals surface area contributed by atoms with E-state index in [1.807, 2.05) is 50.2 Å². The van der Waals surface area contributed by atoms with Gasteiger partial charge in [-0.3, -0.25) is 14.4 Å². The SMILES string of the molecule is Cc1cc(N2CCC[C@@H](NS(=O)(=O)C[C@H](C)c3ccccc3)C2=O)n(C)n1. The number of nitrogens with zero attached hydrogens (tertiary/aromatic N) is 3. The predicted octanol–water partition coefficient (Wildman–Crippen LogP) is 1.95. The molecule has 0 bridgehead atoms. The van der Waals surface area contributed by atoms with Crippen molar-refractivity contribution in [1.82, 2.24) is 14.5 Å². The highest BCUT2D eigenvalue weighted by molar-refractivity contribution is 7.89. The average molecular weight is 391 g/mol. The molecule has 0 spiro atoms. The van der Waals surface area contributed by atoms with Crippen LogP contribution in [-0.2, 0) is 21.9 Å². The summed E-state index contributed by atoms with van der Waals surface area (Å²) in [4.78, 5) is 14.5.